The smallest absolute Gasteiger partial charge is 0.164 e. The molecular weight excluding hydrogens is 574 g/mol. The number of para-hydroxylation sites is 1. The average molecular weight is 600 g/mol. The minimum absolute atomic E-state index is 0.617. The quantitative estimate of drug-likeness (QED) is 0.190. The van der Waals surface area contributed by atoms with Crippen LogP contribution in [0.4, 0.5) is 0 Å². The lowest BCUT2D eigenvalue weighted by molar-refractivity contribution is 0.669. The van der Waals surface area contributed by atoms with Crippen molar-refractivity contribution in [3.8, 4) is 34.2 Å². The highest BCUT2D eigenvalue weighted by Crippen LogP contribution is 2.38. The van der Waals surface area contributed by atoms with E-state index >= 15 is 0 Å². The highest BCUT2D eigenvalue weighted by atomic mass is 16.3. The predicted molar refractivity (Wildman–Crippen MR) is 193 cm³/mol. The van der Waals surface area contributed by atoms with Crippen LogP contribution in [0.5, 0.6) is 0 Å². The molecule has 10 aromatic rings. The van der Waals surface area contributed by atoms with Gasteiger partial charge in [0.15, 0.2) is 17.5 Å². The molecule has 0 unspecified atom stereocenters. The van der Waals surface area contributed by atoms with Crippen LogP contribution in [-0.4, -0.2) is 15.0 Å². The summed E-state index contributed by atoms with van der Waals surface area (Å²) in [6.07, 6.45) is 0. The summed E-state index contributed by atoms with van der Waals surface area (Å²) in [4.78, 5) is 15.7. The molecule has 0 atom stereocenters. The Bertz CT molecular complexity index is 2730. The van der Waals surface area contributed by atoms with Gasteiger partial charge in [0, 0.05) is 27.5 Å². The zero-order valence-electron chi connectivity index (χ0n) is 25.2. The van der Waals surface area contributed by atoms with Gasteiger partial charge in [0.1, 0.15) is 11.2 Å². The number of hydrogen-bond acceptors (Lipinski definition) is 4. The predicted octanol–water partition coefficient (Wildman–Crippen LogP) is 11.4. The van der Waals surface area contributed by atoms with Gasteiger partial charge in [-0.25, -0.2) is 15.0 Å². The van der Waals surface area contributed by atoms with E-state index in [1.807, 2.05) is 30.3 Å². The van der Waals surface area contributed by atoms with Gasteiger partial charge in [-0.15, -0.1) is 0 Å². The minimum atomic E-state index is 0.617. The van der Waals surface area contributed by atoms with Crippen LogP contribution in [0.3, 0.4) is 0 Å². The average Bonchev–Trinajstić information content (AvgIpc) is 3.52. The summed E-state index contributed by atoms with van der Waals surface area (Å²) in [6.45, 7) is 0. The van der Waals surface area contributed by atoms with Crippen LogP contribution in [0.25, 0.3) is 99.2 Å². The van der Waals surface area contributed by atoms with E-state index in [9.17, 15) is 0 Å². The van der Waals surface area contributed by atoms with Crippen molar-refractivity contribution >= 4 is 65.0 Å². The maximum Gasteiger partial charge on any atom is 0.164 e. The van der Waals surface area contributed by atoms with E-state index in [4.69, 9.17) is 19.4 Å². The molecule has 0 radical (unpaired) electrons. The zero-order valence-corrected chi connectivity index (χ0v) is 25.2. The van der Waals surface area contributed by atoms with Gasteiger partial charge in [-0.1, -0.05) is 115 Å². The summed E-state index contributed by atoms with van der Waals surface area (Å²) in [5.74, 6) is 1.90. The standard InChI is InChI=1S/C43H25N3O/c1-3-13-29-26(11-1)23-37(33-17-7-5-15-31(29)33)42-44-41(28-21-22-40-36(25-28)35-19-9-10-20-39(35)47-40)45-43(46-42)38-24-27-12-2-4-14-30(27)32-16-6-8-18-34(32)38/h1-25H. The fourth-order valence-electron chi connectivity index (χ4n) is 7.09. The molecule has 0 bridgehead atoms. The summed E-state index contributed by atoms with van der Waals surface area (Å²) in [7, 11) is 0. The highest BCUT2D eigenvalue weighted by molar-refractivity contribution is 6.15. The van der Waals surface area contributed by atoms with Crippen molar-refractivity contribution in [2.45, 2.75) is 0 Å². The van der Waals surface area contributed by atoms with E-state index in [0.29, 0.717) is 17.5 Å². The number of aromatic nitrogens is 3. The molecule has 4 heteroatoms. The number of rotatable bonds is 3. The Balaban J connectivity index is 1.30. The third-order valence-electron chi connectivity index (χ3n) is 9.29. The van der Waals surface area contributed by atoms with Crippen molar-refractivity contribution in [3.63, 3.8) is 0 Å². The van der Waals surface area contributed by atoms with Crippen LogP contribution in [0, 0.1) is 0 Å². The van der Waals surface area contributed by atoms with Gasteiger partial charge >= 0.3 is 0 Å². The molecule has 0 spiro atoms. The number of fused-ring (bicyclic) bond motifs is 9. The molecule has 2 heterocycles. The molecule has 0 aliphatic rings. The molecule has 10 rings (SSSR count). The molecule has 0 fully saturated rings. The van der Waals surface area contributed by atoms with E-state index in [1.54, 1.807) is 0 Å². The van der Waals surface area contributed by atoms with E-state index in [2.05, 4.69) is 121 Å². The third kappa shape index (κ3) is 4.05. The first-order chi connectivity index (χ1) is 23.3. The summed E-state index contributed by atoms with van der Waals surface area (Å²) in [6, 6.07) is 52.8. The Hall–Kier alpha value is -6.39. The van der Waals surface area contributed by atoms with Crippen molar-refractivity contribution in [2.24, 2.45) is 0 Å². The van der Waals surface area contributed by atoms with Gasteiger partial charge in [0.05, 0.1) is 0 Å². The zero-order chi connectivity index (χ0) is 30.9. The summed E-state index contributed by atoms with van der Waals surface area (Å²) in [5.41, 5.74) is 4.56. The molecule has 0 N–H and O–H groups in total. The Labute approximate surface area is 269 Å². The molecule has 0 aliphatic carbocycles. The van der Waals surface area contributed by atoms with Gasteiger partial charge in [-0.05, 0) is 79.5 Å². The monoisotopic (exact) mass is 599 g/mol. The number of furan rings is 1. The first-order valence-corrected chi connectivity index (χ1v) is 15.8. The van der Waals surface area contributed by atoms with E-state index < -0.39 is 0 Å². The summed E-state index contributed by atoms with van der Waals surface area (Å²) >= 11 is 0. The van der Waals surface area contributed by atoms with Gasteiger partial charge in [0.2, 0.25) is 0 Å². The molecule has 0 saturated heterocycles. The van der Waals surface area contributed by atoms with Crippen molar-refractivity contribution < 1.29 is 4.42 Å². The molecule has 0 aliphatic heterocycles. The second-order valence-electron chi connectivity index (χ2n) is 12.0. The normalized spacial score (nSPS) is 11.8. The van der Waals surface area contributed by atoms with Crippen molar-refractivity contribution in [2.75, 3.05) is 0 Å². The van der Waals surface area contributed by atoms with Crippen molar-refractivity contribution in [1.29, 1.82) is 0 Å². The van der Waals surface area contributed by atoms with Crippen LogP contribution in [-0.2, 0) is 0 Å². The van der Waals surface area contributed by atoms with Crippen LogP contribution in [0.15, 0.2) is 156 Å². The molecule has 218 valence electrons. The van der Waals surface area contributed by atoms with Gasteiger partial charge in [-0.3, -0.25) is 0 Å². The SMILES string of the molecule is c1ccc2c(c1)cc(-c1nc(-c3ccc4oc5ccccc5c4c3)nc(-c3cc4ccccc4c4ccccc34)n1)c1ccccc12. The largest absolute Gasteiger partial charge is 0.456 e. The number of nitrogens with zero attached hydrogens (tertiary/aromatic N) is 3. The molecular formula is C43H25N3O. The van der Waals surface area contributed by atoms with Crippen LogP contribution in [0.2, 0.25) is 0 Å². The van der Waals surface area contributed by atoms with Gasteiger partial charge in [-0.2, -0.15) is 0 Å². The maximum atomic E-state index is 6.15. The van der Waals surface area contributed by atoms with Crippen molar-refractivity contribution in [3.05, 3.63) is 152 Å². The Morgan fingerprint density at radius 2 is 0.766 bits per heavy atom. The molecule has 2 aromatic heterocycles. The van der Waals surface area contributed by atoms with Crippen molar-refractivity contribution in [1.82, 2.24) is 15.0 Å². The fourth-order valence-corrected chi connectivity index (χ4v) is 7.09. The molecule has 0 saturated carbocycles. The lowest BCUT2D eigenvalue weighted by Gasteiger charge is -2.14. The molecule has 0 amide bonds. The number of benzene rings is 8. The first-order valence-electron chi connectivity index (χ1n) is 15.8. The molecule has 8 aromatic carbocycles. The highest BCUT2D eigenvalue weighted by Gasteiger charge is 2.19. The minimum Gasteiger partial charge on any atom is -0.456 e. The molecule has 4 nitrogen and oxygen atoms in total. The van der Waals surface area contributed by atoms with Crippen LogP contribution in [0.1, 0.15) is 0 Å². The van der Waals surface area contributed by atoms with E-state index in [1.165, 1.54) is 21.5 Å². The van der Waals surface area contributed by atoms with Crippen LogP contribution >= 0.6 is 0 Å². The Kier molecular flexibility index (Phi) is 5.54. The van der Waals surface area contributed by atoms with E-state index in [-0.39, 0.29) is 0 Å². The van der Waals surface area contributed by atoms with Crippen LogP contribution < -0.4 is 0 Å². The summed E-state index contributed by atoms with van der Waals surface area (Å²) < 4.78 is 6.15. The lowest BCUT2D eigenvalue weighted by Crippen LogP contribution is -2.01. The third-order valence-corrected chi connectivity index (χ3v) is 9.29. The van der Waals surface area contributed by atoms with Gasteiger partial charge in [0.25, 0.3) is 0 Å². The van der Waals surface area contributed by atoms with Gasteiger partial charge < -0.3 is 4.42 Å². The fraction of sp³-hybridized carbons (Fsp3) is 0. The topological polar surface area (TPSA) is 51.8 Å². The Morgan fingerprint density at radius 3 is 1.36 bits per heavy atom. The summed E-state index contributed by atoms with van der Waals surface area (Å²) in [5, 5.41) is 11.4. The Morgan fingerprint density at radius 1 is 0.319 bits per heavy atom. The lowest BCUT2D eigenvalue weighted by atomic mass is 9.96. The molecule has 47 heavy (non-hydrogen) atoms. The van der Waals surface area contributed by atoms with E-state index in [0.717, 1.165) is 60.2 Å². The maximum absolute atomic E-state index is 6.15. The second kappa shape index (κ2) is 10.1. The number of hydrogen-bond donors (Lipinski definition) is 0. The first kappa shape index (κ1) is 25.9. The second-order valence-corrected chi connectivity index (χ2v) is 12.0.